The molecule has 3 heteroatoms. The predicted octanol–water partition coefficient (Wildman–Crippen LogP) is 4.23. The van der Waals surface area contributed by atoms with Crippen LogP contribution in [0.25, 0.3) is 10.8 Å². The number of hydrogen-bond donors (Lipinski definition) is 1. The first-order chi connectivity index (χ1) is 9.39. The Morgan fingerprint density at radius 2 is 1.65 bits per heavy atom. The first kappa shape index (κ1) is 14.8. The number of ether oxygens (including phenoxy) is 1. The van der Waals surface area contributed by atoms with Gasteiger partial charge in [-0.1, -0.05) is 18.2 Å². The second kappa shape index (κ2) is 5.81. The number of benzene rings is 2. The van der Waals surface area contributed by atoms with Gasteiger partial charge in [0, 0.05) is 0 Å². The van der Waals surface area contributed by atoms with Crippen molar-refractivity contribution in [1.29, 1.82) is 0 Å². The van der Waals surface area contributed by atoms with E-state index in [1.807, 2.05) is 32.9 Å². The molecule has 3 nitrogen and oxygen atoms in total. The van der Waals surface area contributed by atoms with Crippen molar-refractivity contribution in [2.24, 2.45) is 0 Å². The van der Waals surface area contributed by atoms with Gasteiger partial charge < -0.3 is 4.74 Å². The Balaban J connectivity index is 2.19. The highest BCUT2D eigenvalue weighted by atomic mass is 16.7. The van der Waals surface area contributed by atoms with Gasteiger partial charge in [0.15, 0.2) is 0 Å². The summed E-state index contributed by atoms with van der Waals surface area (Å²) in [5, 5.41) is 2.38. The SMILES string of the molecule is COc1ccc2cc(C(C)NOC(C)(C)C)ccc2c1. The standard InChI is InChI=1S/C17H23NO2/c1-12(18-20-17(2,3)4)13-6-7-15-11-16(19-5)9-8-14(15)10-13/h6-12,18H,1-5H3. The lowest BCUT2D eigenvalue weighted by atomic mass is 10.0. The molecule has 1 atom stereocenters. The van der Waals surface area contributed by atoms with Crippen LogP contribution in [0.3, 0.4) is 0 Å². The smallest absolute Gasteiger partial charge is 0.119 e. The van der Waals surface area contributed by atoms with Crippen LogP contribution in [0.4, 0.5) is 0 Å². The second-order valence-electron chi connectivity index (χ2n) is 6.03. The zero-order valence-electron chi connectivity index (χ0n) is 12.9. The Labute approximate surface area is 120 Å². The molecular formula is C17H23NO2. The average Bonchev–Trinajstić information content (AvgIpc) is 2.42. The summed E-state index contributed by atoms with van der Waals surface area (Å²) in [6.45, 7) is 8.18. The molecule has 0 spiro atoms. The molecule has 2 rings (SSSR count). The van der Waals surface area contributed by atoms with Crippen molar-refractivity contribution in [2.75, 3.05) is 7.11 Å². The maximum atomic E-state index is 5.62. The molecule has 0 amide bonds. The molecule has 0 aliphatic carbocycles. The third-order valence-corrected chi connectivity index (χ3v) is 3.11. The van der Waals surface area contributed by atoms with Crippen molar-refractivity contribution in [3.8, 4) is 5.75 Å². The van der Waals surface area contributed by atoms with Crippen LogP contribution >= 0.6 is 0 Å². The van der Waals surface area contributed by atoms with E-state index < -0.39 is 0 Å². The molecule has 1 N–H and O–H groups in total. The molecule has 0 heterocycles. The van der Waals surface area contributed by atoms with Crippen molar-refractivity contribution >= 4 is 10.8 Å². The molecule has 0 saturated heterocycles. The fraction of sp³-hybridized carbons (Fsp3) is 0.412. The highest BCUT2D eigenvalue weighted by Gasteiger charge is 2.13. The molecule has 0 aliphatic rings. The average molecular weight is 273 g/mol. The number of rotatable bonds is 4. The first-order valence-electron chi connectivity index (χ1n) is 6.90. The molecule has 0 saturated carbocycles. The lowest BCUT2D eigenvalue weighted by molar-refractivity contribution is -0.0866. The molecule has 20 heavy (non-hydrogen) atoms. The fourth-order valence-corrected chi connectivity index (χ4v) is 1.97. The van der Waals surface area contributed by atoms with E-state index in [4.69, 9.17) is 9.57 Å². The summed E-state index contributed by atoms with van der Waals surface area (Å²) in [6.07, 6.45) is 0. The van der Waals surface area contributed by atoms with Gasteiger partial charge in [0.1, 0.15) is 5.75 Å². The van der Waals surface area contributed by atoms with Crippen LogP contribution in [0.15, 0.2) is 36.4 Å². The van der Waals surface area contributed by atoms with Gasteiger partial charge in [-0.25, -0.2) is 0 Å². The van der Waals surface area contributed by atoms with Gasteiger partial charge >= 0.3 is 0 Å². The highest BCUT2D eigenvalue weighted by Crippen LogP contribution is 2.24. The van der Waals surface area contributed by atoms with Gasteiger partial charge in [-0.2, -0.15) is 5.48 Å². The maximum absolute atomic E-state index is 5.62. The fourth-order valence-electron chi connectivity index (χ4n) is 1.97. The zero-order chi connectivity index (χ0) is 14.8. The number of hydrogen-bond acceptors (Lipinski definition) is 3. The third kappa shape index (κ3) is 3.71. The van der Waals surface area contributed by atoms with E-state index in [1.165, 1.54) is 16.3 Å². The molecule has 0 aliphatic heterocycles. The summed E-state index contributed by atoms with van der Waals surface area (Å²) in [6, 6.07) is 12.7. The Hall–Kier alpha value is -1.58. The monoisotopic (exact) mass is 273 g/mol. The third-order valence-electron chi connectivity index (χ3n) is 3.11. The Bertz CT molecular complexity index is 587. The molecule has 0 radical (unpaired) electrons. The predicted molar refractivity (Wildman–Crippen MR) is 82.9 cm³/mol. The van der Waals surface area contributed by atoms with Gasteiger partial charge in [-0.05, 0) is 62.2 Å². The number of fused-ring (bicyclic) bond motifs is 1. The first-order valence-corrected chi connectivity index (χ1v) is 6.90. The number of methoxy groups -OCH3 is 1. The van der Waals surface area contributed by atoms with Crippen LogP contribution in [-0.2, 0) is 4.84 Å². The van der Waals surface area contributed by atoms with E-state index >= 15 is 0 Å². The molecule has 0 fully saturated rings. The minimum atomic E-state index is -0.196. The van der Waals surface area contributed by atoms with Gasteiger partial charge in [0.05, 0.1) is 18.8 Å². The number of hydroxylamine groups is 1. The lowest BCUT2D eigenvalue weighted by Gasteiger charge is -2.23. The topological polar surface area (TPSA) is 30.5 Å². The molecule has 0 aromatic heterocycles. The molecule has 2 aromatic carbocycles. The van der Waals surface area contributed by atoms with Crippen molar-refractivity contribution in [3.05, 3.63) is 42.0 Å². The number of nitrogens with one attached hydrogen (secondary N) is 1. The van der Waals surface area contributed by atoms with Crippen molar-refractivity contribution < 1.29 is 9.57 Å². The maximum Gasteiger partial charge on any atom is 0.119 e. The zero-order valence-corrected chi connectivity index (χ0v) is 12.9. The van der Waals surface area contributed by atoms with E-state index in [9.17, 15) is 0 Å². The Morgan fingerprint density at radius 3 is 2.30 bits per heavy atom. The van der Waals surface area contributed by atoms with Gasteiger partial charge in [0.2, 0.25) is 0 Å². The van der Waals surface area contributed by atoms with Crippen LogP contribution in [0, 0.1) is 0 Å². The van der Waals surface area contributed by atoms with Gasteiger partial charge in [-0.3, -0.25) is 4.84 Å². The summed E-state index contributed by atoms with van der Waals surface area (Å²) in [7, 11) is 1.69. The lowest BCUT2D eigenvalue weighted by Crippen LogP contribution is -2.30. The van der Waals surface area contributed by atoms with Gasteiger partial charge in [-0.15, -0.1) is 0 Å². The van der Waals surface area contributed by atoms with Crippen molar-refractivity contribution in [1.82, 2.24) is 5.48 Å². The molecule has 1 unspecified atom stereocenters. The van der Waals surface area contributed by atoms with E-state index in [2.05, 4.69) is 36.7 Å². The molecule has 2 aromatic rings. The van der Waals surface area contributed by atoms with E-state index in [0.29, 0.717) is 0 Å². The summed E-state index contributed by atoms with van der Waals surface area (Å²) in [4.78, 5) is 5.62. The minimum absolute atomic E-state index is 0.140. The Kier molecular flexibility index (Phi) is 4.31. The van der Waals surface area contributed by atoms with Gasteiger partial charge in [0.25, 0.3) is 0 Å². The minimum Gasteiger partial charge on any atom is -0.497 e. The normalized spacial score (nSPS) is 13.4. The highest BCUT2D eigenvalue weighted by molar-refractivity contribution is 5.84. The van der Waals surface area contributed by atoms with Crippen molar-refractivity contribution in [2.45, 2.75) is 39.3 Å². The Morgan fingerprint density at radius 1 is 1.00 bits per heavy atom. The summed E-state index contributed by atoms with van der Waals surface area (Å²) < 4.78 is 5.24. The van der Waals surface area contributed by atoms with Crippen LogP contribution in [0.5, 0.6) is 5.75 Å². The van der Waals surface area contributed by atoms with E-state index in [0.717, 1.165) is 5.75 Å². The second-order valence-corrected chi connectivity index (χ2v) is 6.03. The van der Waals surface area contributed by atoms with Crippen molar-refractivity contribution in [3.63, 3.8) is 0 Å². The van der Waals surface area contributed by atoms with Crippen LogP contribution < -0.4 is 10.2 Å². The summed E-state index contributed by atoms with van der Waals surface area (Å²) in [5.41, 5.74) is 4.11. The molecule has 0 bridgehead atoms. The van der Waals surface area contributed by atoms with E-state index in [1.54, 1.807) is 7.11 Å². The quantitative estimate of drug-likeness (QED) is 0.846. The van der Waals surface area contributed by atoms with Crippen LogP contribution in [-0.4, -0.2) is 12.7 Å². The molecular weight excluding hydrogens is 250 g/mol. The van der Waals surface area contributed by atoms with Crippen LogP contribution in [0.2, 0.25) is 0 Å². The molecule has 108 valence electrons. The summed E-state index contributed by atoms with van der Waals surface area (Å²) in [5.74, 6) is 0.882. The van der Waals surface area contributed by atoms with Crippen LogP contribution in [0.1, 0.15) is 39.3 Å². The van der Waals surface area contributed by atoms with E-state index in [-0.39, 0.29) is 11.6 Å². The summed E-state index contributed by atoms with van der Waals surface area (Å²) >= 11 is 0. The largest absolute Gasteiger partial charge is 0.497 e.